The fraction of sp³-hybridized carbons (Fsp3) is 0.500. The van der Waals surface area contributed by atoms with E-state index in [1.54, 1.807) is 24.3 Å². The summed E-state index contributed by atoms with van der Waals surface area (Å²) < 4.78 is 25.3. The Kier molecular flexibility index (Phi) is 3.82. The van der Waals surface area contributed by atoms with Crippen LogP contribution in [-0.4, -0.2) is 15.6 Å². The monoisotopic (exact) mass is 290 g/mol. The van der Waals surface area contributed by atoms with Crippen LogP contribution < -0.4 is 0 Å². The second-order valence-electron chi connectivity index (χ2n) is 5.72. The third kappa shape index (κ3) is 2.59. The molecule has 0 unspecified atom stereocenters. The lowest BCUT2D eigenvalue weighted by atomic mass is 10.2. The topological polar surface area (TPSA) is 34.1 Å². The van der Waals surface area contributed by atoms with E-state index in [1.165, 1.54) is 0 Å². The minimum Gasteiger partial charge on any atom is -0.231 e. The average Bonchev–Trinajstić information content (AvgIpc) is 2.16. The van der Waals surface area contributed by atoms with Crippen molar-refractivity contribution in [1.82, 2.24) is 0 Å². The van der Waals surface area contributed by atoms with E-state index in [9.17, 15) is 8.42 Å². The molecule has 96 valence electrons. The van der Waals surface area contributed by atoms with Gasteiger partial charge < -0.3 is 0 Å². The first kappa shape index (κ1) is 14.7. The Labute approximate surface area is 110 Å². The van der Waals surface area contributed by atoms with Gasteiger partial charge in [0.15, 0.2) is 0 Å². The molecular weight excluding hydrogens is 272 g/mol. The summed E-state index contributed by atoms with van der Waals surface area (Å²) in [5.74, 6) is 0. The van der Waals surface area contributed by atoms with E-state index in [0.717, 1.165) is 0 Å². The third-order valence-corrected chi connectivity index (χ3v) is 16.3. The maximum atomic E-state index is 12.6. The van der Waals surface area contributed by atoms with Crippen molar-refractivity contribution in [3.8, 4) is 0 Å². The highest BCUT2D eigenvalue weighted by Gasteiger charge is 2.48. The Hall–Kier alpha value is -0.323. The van der Waals surface area contributed by atoms with Gasteiger partial charge in [-0.25, -0.2) is 8.42 Å². The molecule has 0 amide bonds. The molecule has 0 aliphatic heterocycles. The van der Waals surface area contributed by atoms with Crippen molar-refractivity contribution in [1.29, 1.82) is 0 Å². The lowest BCUT2D eigenvalue weighted by Gasteiger charge is -2.35. The van der Waals surface area contributed by atoms with Gasteiger partial charge in [0.1, 0.15) is 9.29 Å². The van der Waals surface area contributed by atoms with Gasteiger partial charge in [-0.3, -0.25) is 0 Å². The van der Waals surface area contributed by atoms with Crippen molar-refractivity contribution < 1.29 is 8.42 Å². The molecule has 0 saturated heterocycles. The van der Waals surface area contributed by atoms with Crippen molar-refractivity contribution in [3.05, 3.63) is 29.3 Å². The van der Waals surface area contributed by atoms with Crippen molar-refractivity contribution in [2.45, 2.75) is 43.8 Å². The molecule has 2 nitrogen and oxygen atoms in total. The van der Waals surface area contributed by atoms with E-state index in [4.69, 9.17) is 11.6 Å². The molecule has 0 bridgehead atoms. The van der Waals surface area contributed by atoms with Gasteiger partial charge in [0.05, 0.1) is 4.90 Å². The summed E-state index contributed by atoms with van der Waals surface area (Å²) in [5.41, 5.74) is 0. The molecule has 0 heterocycles. The number of benzene rings is 1. The Balaban J connectivity index is 3.35. The van der Waals surface area contributed by atoms with Crippen LogP contribution in [0.15, 0.2) is 29.2 Å². The molecule has 0 aromatic heterocycles. The number of hydrogen-bond acceptors (Lipinski definition) is 2. The highest BCUT2D eigenvalue weighted by molar-refractivity contribution is 8.22. The Morgan fingerprint density at radius 2 is 1.47 bits per heavy atom. The molecule has 0 atom stereocenters. The molecule has 0 radical (unpaired) electrons. The Morgan fingerprint density at radius 3 is 1.82 bits per heavy atom. The molecule has 5 heteroatoms. The van der Waals surface area contributed by atoms with E-state index < -0.39 is 16.5 Å². The van der Waals surface area contributed by atoms with Gasteiger partial charge in [-0.05, 0) is 29.3 Å². The van der Waals surface area contributed by atoms with Gasteiger partial charge in [-0.2, -0.15) is 0 Å². The quantitative estimate of drug-likeness (QED) is 0.768. The average molecular weight is 291 g/mol. The first-order valence-electron chi connectivity index (χ1n) is 5.50. The van der Waals surface area contributed by atoms with Gasteiger partial charge in [0.25, 0.3) is 0 Å². The van der Waals surface area contributed by atoms with E-state index >= 15 is 0 Å². The zero-order chi connectivity index (χ0) is 13.5. The predicted octanol–water partition coefficient (Wildman–Crippen LogP) is 4.12. The van der Waals surface area contributed by atoms with E-state index in [-0.39, 0.29) is 5.04 Å². The summed E-state index contributed by atoms with van der Waals surface area (Å²) in [6.07, 6.45) is 0. The number of halogens is 1. The van der Waals surface area contributed by atoms with Crippen LogP contribution in [0.2, 0.25) is 23.2 Å². The molecule has 17 heavy (non-hydrogen) atoms. The van der Waals surface area contributed by atoms with E-state index in [2.05, 4.69) is 0 Å². The zero-order valence-electron chi connectivity index (χ0n) is 10.9. The highest BCUT2D eigenvalue weighted by Crippen LogP contribution is 2.42. The lowest BCUT2D eigenvalue weighted by molar-refractivity contribution is 0.602. The minimum absolute atomic E-state index is 0.203. The first-order valence-corrected chi connectivity index (χ1v) is 11.1. The molecule has 1 aromatic carbocycles. The fourth-order valence-electron chi connectivity index (χ4n) is 1.31. The molecular formula is C12H19ClO2SSi. The Morgan fingerprint density at radius 1 is 1.06 bits per heavy atom. The van der Waals surface area contributed by atoms with Crippen molar-refractivity contribution in [2.75, 3.05) is 0 Å². The van der Waals surface area contributed by atoms with Crippen LogP contribution in [0, 0.1) is 0 Å². The van der Waals surface area contributed by atoms with Gasteiger partial charge in [0, 0.05) is 5.02 Å². The minimum atomic E-state index is -3.23. The van der Waals surface area contributed by atoms with Crippen molar-refractivity contribution in [2.24, 2.45) is 0 Å². The van der Waals surface area contributed by atoms with Crippen LogP contribution in [0.5, 0.6) is 0 Å². The predicted molar refractivity (Wildman–Crippen MR) is 75.8 cm³/mol. The van der Waals surface area contributed by atoms with Crippen LogP contribution in [0.4, 0.5) is 0 Å². The van der Waals surface area contributed by atoms with Crippen molar-refractivity contribution in [3.63, 3.8) is 0 Å². The zero-order valence-corrected chi connectivity index (χ0v) is 13.5. The van der Waals surface area contributed by atoms with E-state index in [1.807, 2.05) is 33.9 Å². The summed E-state index contributed by atoms with van der Waals surface area (Å²) in [4.78, 5) is 0.383. The van der Waals surface area contributed by atoms with Crippen LogP contribution in [-0.2, 0) is 9.29 Å². The molecule has 0 aliphatic carbocycles. The summed E-state index contributed by atoms with van der Waals surface area (Å²) in [6.45, 7) is 9.78. The van der Waals surface area contributed by atoms with Gasteiger partial charge >= 0.3 is 0 Å². The molecule has 0 spiro atoms. The molecule has 0 N–H and O–H groups in total. The highest BCUT2D eigenvalue weighted by atomic mass is 35.5. The summed E-state index contributed by atoms with van der Waals surface area (Å²) in [6, 6.07) is 6.44. The maximum absolute atomic E-state index is 12.6. The van der Waals surface area contributed by atoms with Crippen LogP contribution in [0.25, 0.3) is 0 Å². The molecule has 0 aliphatic rings. The van der Waals surface area contributed by atoms with Gasteiger partial charge in [-0.1, -0.05) is 45.5 Å². The van der Waals surface area contributed by atoms with E-state index in [0.29, 0.717) is 9.92 Å². The summed E-state index contributed by atoms with van der Waals surface area (Å²) >= 11 is 5.78. The number of rotatable bonds is 2. The SMILES string of the molecule is CC(C)(C)[Si](C)(C)S(=O)(=O)c1ccc(Cl)cc1. The first-order chi connectivity index (χ1) is 7.50. The lowest BCUT2D eigenvalue weighted by Crippen LogP contribution is -2.45. The fourth-order valence-corrected chi connectivity index (χ4v) is 7.92. The van der Waals surface area contributed by atoms with Gasteiger partial charge in [0.2, 0.25) is 7.22 Å². The normalized spacial score (nSPS) is 13.8. The summed E-state index contributed by atoms with van der Waals surface area (Å²) in [5, 5.41) is 0.352. The van der Waals surface area contributed by atoms with Crippen LogP contribution in [0.3, 0.4) is 0 Å². The molecule has 1 rings (SSSR count). The Bertz CT molecular complexity index is 498. The molecule has 0 saturated carbocycles. The second kappa shape index (κ2) is 4.41. The number of hydrogen-bond donors (Lipinski definition) is 0. The maximum Gasteiger partial charge on any atom is 0.201 e. The van der Waals surface area contributed by atoms with Crippen molar-refractivity contribution >= 4 is 28.1 Å². The second-order valence-corrected chi connectivity index (χ2v) is 16.8. The third-order valence-electron chi connectivity index (χ3n) is 3.60. The molecule has 0 fully saturated rings. The standard InChI is InChI=1S/C12H19ClO2SSi/c1-12(2,3)17(4,5)16(14,15)11-8-6-10(13)7-9-11/h6-9H,1-5H3. The summed E-state index contributed by atoms with van der Waals surface area (Å²) in [7, 11) is -5.69. The smallest absolute Gasteiger partial charge is 0.201 e. The molecule has 1 aromatic rings. The van der Waals surface area contributed by atoms with Crippen LogP contribution >= 0.6 is 11.6 Å². The van der Waals surface area contributed by atoms with Crippen LogP contribution in [0.1, 0.15) is 20.8 Å². The van der Waals surface area contributed by atoms with Gasteiger partial charge in [-0.15, -0.1) is 0 Å². The largest absolute Gasteiger partial charge is 0.231 e.